The highest BCUT2D eigenvalue weighted by Crippen LogP contribution is 2.61. The van der Waals surface area contributed by atoms with E-state index in [0.717, 1.165) is 27.7 Å². The van der Waals surface area contributed by atoms with Gasteiger partial charge in [0.2, 0.25) is 0 Å². The molecule has 0 bridgehead atoms. The SMILES string of the molecule is CC(=O)OC[C@H]1O[C@H](CP(=O)(O)O)[C@](OC(C)=O)(P(=O)(O)O)[C@@H](OC(C)=O)[C@@H]1OC(C)=O. The maximum atomic E-state index is 12.6. The molecule has 17 heteroatoms. The number of hydrogen-bond donors (Lipinski definition) is 4. The molecule has 32 heavy (non-hydrogen) atoms. The van der Waals surface area contributed by atoms with Gasteiger partial charge in [0.05, 0.1) is 6.16 Å². The van der Waals surface area contributed by atoms with E-state index in [1.165, 1.54) is 0 Å². The molecule has 0 unspecified atom stereocenters. The van der Waals surface area contributed by atoms with Gasteiger partial charge in [-0.25, -0.2) is 0 Å². The number of ether oxygens (including phenoxy) is 5. The van der Waals surface area contributed by atoms with Gasteiger partial charge in [0, 0.05) is 27.7 Å². The van der Waals surface area contributed by atoms with Crippen LogP contribution in [0, 0.1) is 0 Å². The van der Waals surface area contributed by atoms with Crippen LogP contribution >= 0.6 is 15.2 Å². The second-order valence-corrected chi connectivity index (χ2v) is 10.3. The van der Waals surface area contributed by atoms with Gasteiger partial charge in [-0.15, -0.1) is 0 Å². The molecule has 0 spiro atoms. The number of carbonyl (C=O) groups is 4. The molecule has 0 aromatic carbocycles. The van der Waals surface area contributed by atoms with Crippen LogP contribution in [0.25, 0.3) is 0 Å². The van der Waals surface area contributed by atoms with Crippen molar-refractivity contribution in [3.8, 4) is 0 Å². The van der Waals surface area contributed by atoms with Gasteiger partial charge in [-0.3, -0.25) is 28.3 Å². The number of esters is 4. The number of hydrogen-bond acceptors (Lipinski definition) is 11. The summed E-state index contributed by atoms with van der Waals surface area (Å²) in [5.74, 6) is -4.43. The van der Waals surface area contributed by atoms with Crippen LogP contribution in [-0.4, -0.2) is 86.0 Å². The quantitative estimate of drug-likeness (QED) is 0.172. The standard InChI is InChI=1S/C15H24O15P2/c1-7(16)26-5-11-13(27-8(2)17)14(28-9(3)18)15(30-10(4)19,32(23,24)25)12(29-11)6-31(20,21)22/h11-14H,5-6H2,1-4H3,(H2,20,21,22)(H2,23,24,25)/t11-,12-,13-,14+,15+/m1/s1. The fraction of sp³-hybridized carbons (Fsp3) is 0.733. The molecule has 1 heterocycles. The van der Waals surface area contributed by atoms with Gasteiger partial charge >= 0.3 is 39.1 Å². The summed E-state index contributed by atoms with van der Waals surface area (Å²) in [7, 11) is -10.9. The monoisotopic (exact) mass is 506 g/mol. The van der Waals surface area contributed by atoms with Crippen molar-refractivity contribution in [3.05, 3.63) is 0 Å². The summed E-state index contributed by atoms with van der Waals surface area (Å²) in [5.41, 5.74) is 0. The molecule has 1 rings (SSSR count). The molecule has 4 N–H and O–H groups in total. The molecule has 5 atom stereocenters. The number of carbonyl (C=O) groups excluding carboxylic acids is 4. The van der Waals surface area contributed by atoms with Gasteiger partial charge < -0.3 is 43.3 Å². The Bertz CT molecular complexity index is 844. The van der Waals surface area contributed by atoms with Crippen LogP contribution in [0.5, 0.6) is 0 Å². The Balaban J connectivity index is 3.85. The summed E-state index contributed by atoms with van der Waals surface area (Å²) < 4.78 is 49.3. The molecule has 0 aromatic rings. The Morgan fingerprint density at radius 3 is 1.78 bits per heavy atom. The third-order valence-corrected chi connectivity index (χ3v) is 6.44. The maximum Gasteiger partial charge on any atom is 0.375 e. The van der Waals surface area contributed by atoms with Crippen LogP contribution < -0.4 is 0 Å². The van der Waals surface area contributed by atoms with Gasteiger partial charge in [0.25, 0.3) is 5.34 Å². The van der Waals surface area contributed by atoms with Gasteiger partial charge in [0.15, 0.2) is 12.2 Å². The Kier molecular flexibility index (Phi) is 9.14. The minimum absolute atomic E-state index is 0.725. The van der Waals surface area contributed by atoms with E-state index in [1.807, 2.05) is 0 Å². The molecule has 0 aliphatic carbocycles. The fourth-order valence-corrected chi connectivity index (χ4v) is 5.39. The van der Waals surface area contributed by atoms with Crippen molar-refractivity contribution in [2.75, 3.05) is 12.8 Å². The second-order valence-electron chi connectivity index (χ2n) is 6.81. The smallest absolute Gasteiger partial charge is 0.375 e. The van der Waals surface area contributed by atoms with Crippen LogP contribution in [-0.2, 0) is 52.0 Å². The zero-order valence-corrected chi connectivity index (χ0v) is 19.2. The molecule has 0 radical (unpaired) electrons. The van der Waals surface area contributed by atoms with Gasteiger partial charge in [0.1, 0.15) is 18.8 Å². The van der Waals surface area contributed by atoms with E-state index >= 15 is 0 Å². The van der Waals surface area contributed by atoms with Crippen LogP contribution in [0.2, 0.25) is 0 Å². The van der Waals surface area contributed by atoms with Gasteiger partial charge in [-0.2, -0.15) is 0 Å². The van der Waals surface area contributed by atoms with Crippen LogP contribution in [0.15, 0.2) is 0 Å². The lowest BCUT2D eigenvalue weighted by atomic mass is 9.94. The third-order valence-electron chi connectivity index (χ3n) is 4.08. The highest BCUT2D eigenvalue weighted by Gasteiger charge is 2.71. The van der Waals surface area contributed by atoms with E-state index in [9.17, 15) is 47.9 Å². The van der Waals surface area contributed by atoms with Crippen LogP contribution in [0.4, 0.5) is 0 Å². The van der Waals surface area contributed by atoms with Crippen molar-refractivity contribution in [1.82, 2.24) is 0 Å². The Morgan fingerprint density at radius 2 is 1.41 bits per heavy atom. The first kappa shape index (κ1) is 28.2. The molecule has 0 aromatic heterocycles. The minimum Gasteiger partial charge on any atom is -0.463 e. The summed E-state index contributed by atoms with van der Waals surface area (Å²) in [6.45, 7) is 2.69. The first-order chi connectivity index (χ1) is 14.4. The highest BCUT2D eigenvalue weighted by atomic mass is 31.2. The molecule has 1 fully saturated rings. The summed E-state index contributed by atoms with van der Waals surface area (Å²) in [4.78, 5) is 85.6. The molecule has 0 amide bonds. The normalized spacial score (nSPS) is 28.4. The van der Waals surface area contributed by atoms with Crippen molar-refractivity contribution in [1.29, 1.82) is 0 Å². The summed E-state index contributed by atoms with van der Waals surface area (Å²) in [6, 6.07) is 0. The average Bonchev–Trinajstić information content (AvgIpc) is 2.54. The van der Waals surface area contributed by atoms with Crippen molar-refractivity contribution < 1.29 is 71.6 Å². The Hall–Kier alpha value is -1.86. The predicted octanol–water partition coefficient (Wildman–Crippen LogP) is -1.20. The third kappa shape index (κ3) is 7.07. The maximum absolute atomic E-state index is 12.6. The van der Waals surface area contributed by atoms with Gasteiger partial charge in [-0.1, -0.05) is 0 Å². The van der Waals surface area contributed by atoms with E-state index in [4.69, 9.17) is 23.7 Å². The molecule has 1 aliphatic rings. The van der Waals surface area contributed by atoms with Crippen molar-refractivity contribution in [3.63, 3.8) is 0 Å². The lowest BCUT2D eigenvalue weighted by Crippen LogP contribution is -2.70. The van der Waals surface area contributed by atoms with E-state index < -0.39 is 81.6 Å². The molecule has 0 saturated carbocycles. The van der Waals surface area contributed by atoms with E-state index in [-0.39, 0.29) is 0 Å². The number of rotatable bonds is 8. The van der Waals surface area contributed by atoms with E-state index in [1.54, 1.807) is 0 Å². The molecule has 1 aliphatic heterocycles. The van der Waals surface area contributed by atoms with Crippen molar-refractivity contribution >= 4 is 39.1 Å². The highest BCUT2D eigenvalue weighted by molar-refractivity contribution is 7.54. The van der Waals surface area contributed by atoms with Crippen molar-refractivity contribution in [2.24, 2.45) is 0 Å². The zero-order valence-electron chi connectivity index (χ0n) is 17.4. The largest absolute Gasteiger partial charge is 0.463 e. The van der Waals surface area contributed by atoms with Crippen molar-refractivity contribution in [2.45, 2.75) is 57.5 Å². The Morgan fingerprint density at radius 1 is 0.875 bits per heavy atom. The van der Waals surface area contributed by atoms with Crippen LogP contribution in [0.1, 0.15) is 27.7 Å². The average molecular weight is 506 g/mol. The molecular weight excluding hydrogens is 482 g/mol. The first-order valence-corrected chi connectivity index (χ1v) is 12.2. The lowest BCUT2D eigenvalue weighted by molar-refractivity contribution is -0.265. The first-order valence-electron chi connectivity index (χ1n) is 8.83. The summed E-state index contributed by atoms with van der Waals surface area (Å²) in [5, 5.41) is -3.32. The van der Waals surface area contributed by atoms with Gasteiger partial charge in [-0.05, 0) is 0 Å². The fourth-order valence-electron chi connectivity index (χ4n) is 3.15. The topological polar surface area (TPSA) is 229 Å². The Labute approximate surface area is 181 Å². The molecule has 1 saturated heterocycles. The second kappa shape index (κ2) is 10.4. The lowest BCUT2D eigenvalue weighted by Gasteiger charge is -2.51. The molecule has 15 nitrogen and oxygen atoms in total. The summed E-state index contributed by atoms with van der Waals surface area (Å²) >= 11 is 0. The van der Waals surface area contributed by atoms with Crippen LogP contribution in [0.3, 0.4) is 0 Å². The predicted molar refractivity (Wildman–Crippen MR) is 99.9 cm³/mol. The van der Waals surface area contributed by atoms with E-state index in [0.29, 0.717) is 0 Å². The molecule has 184 valence electrons. The summed E-state index contributed by atoms with van der Waals surface area (Å²) in [6.07, 6.45) is -9.55. The van der Waals surface area contributed by atoms with E-state index in [2.05, 4.69) is 0 Å². The minimum atomic E-state index is -5.81. The molecular formula is C15H24O15P2. The zero-order chi connectivity index (χ0) is 25.1.